The largest absolute Gasteiger partial charge is 0.497 e. The van der Waals surface area contributed by atoms with Gasteiger partial charge in [-0.05, 0) is 35.9 Å². The first kappa shape index (κ1) is 16.0. The lowest BCUT2D eigenvalue weighted by molar-refractivity contribution is -0.113. The molecule has 0 atom stereocenters. The minimum absolute atomic E-state index is 0.156. The smallest absolute Gasteiger partial charge is 0.270 e. The van der Waals surface area contributed by atoms with Gasteiger partial charge in [-0.15, -0.1) is 0 Å². The normalized spacial score (nSPS) is 17.5. The number of ether oxygens (including phenoxy) is 3. The van der Waals surface area contributed by atoms with Gasteiger partial charge in [-0.2, -0.15) is 0 Å². The second-order valence-electron chi connectivity index (χ2n) is 5.33. The summed E-state index contributed by atoms with van der Waals surface area (Å²) in [6.07, 6.45) is 1.81. The highest BCUT2D eigenvalue weighted by molar-refractivity contribution is 8.27. The number of nitrogens with zero attached hydrogens (tertiary/aromatic N) is 1. The first-order valence-electron chi connectivity index (χ1n) is 7.47. The Balaban J connectivity index is 1.65. The number of amides is 1. The van der Waals surface area contributed by atoms with Crippen LogP contribution in [0.4, 0.5) is 5.69 Å². The highest BCUT2D eigenvalue weighted by Gasteiger charge is 2.34. The maximum Gasteiger partial charge on any atom is 0.270 e. The van der Waals surface area contributed by atoms with Crippen LogP contribution in [0.15, 0.2) is 47.4 Å². The van der Waals surface area contributed by atoms with Gasteiger partial charge in [-0.3, -0.25) is 9.69 Å². The Hall–Kier alpha value is -2.51. The summed E-state index contributed by atoms with van der Waals surface area (Å²) in [5.74, 6) is 1.86. The van der Waals surface area contributed by atoms with E-state index in [1.165, 1.54) is 16.7 Å². The molecule has 0 spiro atoms. The Kier molecular flexibility index (Phi) is 4.10. The number of rotatable bonds is 3. The van der Waals surface area contributed by atoms with E-state index in [0.29, 0.717) is 26.4 Å². The van der Waals surface area contributed by atoms with Crippen molar-refractivity contribution in [2.75, 3.05) is 18.8 Å². The summed E-state index contributed by atoms with van der Waals surface area (Å²) in [6.45, 7) is 0.187. The van der Waals surface area contributed by atoms with Crippen molar-refractivity contribution in [3.05, 3.63) is 52.9 Å². The van der Waals surface area contributed by atoms with Gasteiger partial charge in [0.15, 0.2) is 15.8 Å². The third-order valence-corrected chi connectivity index (χ3v) is 5.10. The van der Waals surface area contributed by atoms with E-state index in [-0.39, 0.29) is 12.7 Å². The van der Waals surface area contributed by atoms with Crippen molar-refractivity contribution in [2.24, 2.45) is 0 Å². The molecule has 1 saturated heterocycles. The van der Waals surface area contributed by atoms with E-state index < -0.39 is 0 Å². The van der Waals surface area contributed by atoms with Crippen LogP contribution in [0.3, 0.4) is 0 Å². The SMILES string of the molecule is COc1cccc(/C=C2/SC(=S)N(c3ccc4c(c3)OCO4)C2=O)c1. The lowest BCUT2D eigenvalue weighted by Crippen LogP contribution is -2.27. The number of benzene rings is 2. The molecule has 0 aliphatic carbocycles. The van der Waals surface area contributed by atoms with E-state index in [4.69, 9.17) is 26.4 Å². The predicted octanol–water partition coefficient (Wildman–Crippen LogP) is 3.83. The van der Waals surface area contributed by atoms with Crippen molar-refractivity contribution in [1.82, 2.24) is 0 Å². The maximum atomic E-state index is 12.8. The van der Waals surface area contributed by atoms with Crippen LogP contribution in [0, 0.1) is 0 Å². The Labute approximate surface area is 154 Å². The van der Waals surface area contributed by atoms with E-state index in [1.807, 2.05) is 30.3 Å². The zero-order valence-corrected chi connectivity index (χ0v) is 14.9. The Bertz CT molecular complexity index is 910. The van der Waals surface area contributed by atoms with E-state index >= 15 is 0 Å². The Morgan fingerprint density at radius 2 is 2.04 bits per heavy atom. The molecule has 0 saturated carbocycles. The van der Waals surface area contributed by atoms with Crippen LogP contribution >= 0.6 is 24.0 Å². The molecule has 7 heteroatoms. The Morgan fingerprint density at radius 3 is 2.88 bits per heavy atom. The van der Waals surface area contributed by atoms with Crippen molar-refractivity contribution in [3.8, 4) is 17.2 Å². The van der Waals surface area contributed by atoms with Crippen LogP contribution < -0.4 is 19.1 Å². The maximum absolute atomic E-state index is 12.8. The summed E-state index contributed by atoms with van der Waals surface area (Å²) in [7, 11) is 1.61. The number of thioether (sulfide) groups is 1. The van der Waals surface area contributed by atoms with Gasteiger partial charge >= 0.3 is 0 Å². The molecule has 0 aromatic heterocycles. The van der Waals surface area contributed by atoms with E-state index in [0.717, 1.165) is 11.3 Å². The number of hydrogen-bond acceptors (Lipinski definition) is 6. The van der Waals surface area contributed by atoms with Gasteiger partial charge in [0.2, 0.25) is 6.79 Å². The molecule has 0 N–H and O–H groups in total. The molecule has 1 amide bonds. The monoisotopic (exact) mass is 371 g/mol. The summed E-state index contributed by atoms with van der Waals surface area (Å²) in [6, 6.07) is 12.9. The molecule has 25 heavy (non-hydrogen) atoms. The number of thiocarbonyl (C=S) groups is 1. The number of methoxy groups -OCH3 is 1. The van der Waals surface area contributed by atoms with Gasteiger partial charge < -0.3 is 14.2 Å². The van der Waals surface area contributed by atoms with Crippen LogP contribution in [0.25, 0.3) is 6.08 Å². The zero-order chi connectivity index (χ0) is 17.4. The molecular formula is C18H13NO4S2. The lowest BCUT2D eigenvalue weighted by Gasteiger charge is -2.14. The summed E-state index contributed by atoms with van der Waals surface area (Å²) in [5.41, 5.74) is 1.55. The summed E-state index contributed by atoms with van der Waals surface area (Å²) in [5, 5.41) is 0. The highest BCUT2D eigenvalue weighted by Crippen LogP contribution is 2.40. The molecule has 2 aliphatic heterocycles. The molecule has 126 valence electrons. The highest BCUT2D eigenvalue weighted by atomic mass is 32.2. The average Bonchev–Trinajstić information content (AvgIpc) is 3.19. The molecule has 2 aromatic carbocycles. The second kappa shape index (κ2) is 6.42. The minimum Gasteiger partial charge on any atom is -0.497 e. The van der Waals surface area contributed by atoms with Crippen LogP contribution in [0.1, 0.15) is 5.56 Å². The van der Waals surface area contributed by atoms with Gasteiger partial charge in [0.05, 0.1) is 17.7 Å². The van der Waals surface area contributed by atoms with Crippen LogP contribution in [0.5, 0.6) is 17.2 Å². The molecular weight excluding hydrogens is 358 g/mol. The topological polar surface area (TPSA) is 48.0 Å². The fourth-order valence-corrected chi connectivity index (χ4v) is 3.90. The second-order valence-corrected chi connectivity index (χ2v) is 7.01. The van der Waals surface area contributed by atoms with Gasteiger partial charge in [0, 0.05) is 6.07 Å². The average molecular weight is 371 g/mol. The third kappa shape index (κ3) is 2.96. The van der Waals surface area contributed by atoms with Crippen molar-refractivity contribution < 1.29 is 19.0 Å². The first-order valence-corrected chi connectivity index (χ1v) is 8.70. The van der Waals surface area contributed by atoms with E-state index in [1.54, 1.807) is 25.3 Å². The predicted molar refractivity (Wildman–Crippen MR) is 101 cm³/mol. The lowest BCUT2D eigenvalue weighted by atomic mass is 10.2. The third-order valence-electron chi connectivity index (χ3n) is 3.80. The zero-order valence-electron chi connectivity index (χ0n) is 13.2. The molecule has 2 heterocycles. The summed E-state index contributed by atoms with van der Waals surface area (Å²) < 4.78 is 16.4. The van der Waals surface area contributed by atoms with Crippen LogP contribution in [-0.4, -0.2) is 24.1 Å². The first-order chi connectivity index (χ1) is 12.2. The summed E-state index contributed by atoms with van der Waals surface area (Å²) >= 11 is 6.67. The number of anilines is 1. The fourth-order valence-electron chi connectivity index (χ4n) is 2.60. The van der Waals surface area contributed by atoms with Crippen LogP contribution in [-0.2, 0) is 4.79 Å². The van der Waals surface area contributed by atoms with E-state index in [2.05, 4.69) is 0 Å². The van der Waals surface area contributed by atoms with Crippen molar-refractivity contribution in [1.29, 1.82) is 0 Å². The van der Waals surface area contributed by atoms with Gasteiger partial charge in [-0.1, -0.05) is 36.1 Å². The van der Waals surface area contributed by atoms with Gasteiger partial charge in [-0.25, -0.2) is 0 Å². The molecule has 4 rings (SSSR count). The number of hydrogen-bond donors (Lipinski definition) is 0. The van der Waals surface area contributed by atoms with Gasteiger partial charge in [0.1, 0.15) is 5.75 Å². The standard InChI is InChI=1S/C18H13NO4S2/c1-21-13-4-2-3-11(7-13)8-16-17(20)19(18(24)25-16)12-5-6-14-15(9-12)23-10-22-14/h2-9H,10H2,1H3/b16-8+. The fraction of sp³-hybridized carbons (Fsp3) is 0.111. The Morgan fingerprint density at radius 1 is 1.20 bits per heavy atom. The van der Waals surface area contributed by atoms with Crippen molar-refractivity contribution >= 4 is 46.0 Å². The van der Waals surface area contributed by atoms with E-state index in [9.17, 15) is 4.79 Å². The van der Waals surface area contributed by atoms with Crippen molar-refractivity contribution in [2.45, 2.75) is 0 Å². The number of carbonyl (C=O) groups is 1. The summed E-state index contributed by atoms with van der Waals surface area (Å²) in [4.78, 5) is 14.9. The van der Waals surface area contributed by atoms with Crippen molar-refractivity contribution in [3.63, 3.8) is 0 Å². The molecule has 2 aliphatic rings. The quantitative estimate of drug-likeness (QED) is 0.604. The molecule has 0 radical (unpaired) electrons. The van der Waals surface area contributed by atoms with Gasteiger partial charge in [0.25, 0.3) is 5.91 Å². The number of fused-ring (bicyclic) bond motifs is 1. The molecule has 5 nitrogen and oxygen atoms in total. The molecule has 2 aromatic rings. The number of carbonyl (C=O) groups excluding carboxylic acids is 1. The molecule has 1 fully saturated rings. The van der Waals surface area contributed by atoms with Crippen LogP contribution in [0.2, 0.25) is 0 Å². The molecule has 0 unspecified atom stereocenters. The minimum atomic E-state index is -0.156. The molecule has 0 bridgehead atoms.